The van der Waals surface area contributed by atoms with E-state index in [-0.39, 0.29) is 0 Å². The first kappa shape index (κ1) is 14.9. The summed E-state index contributed by atoms with van der Waals surface area (Å²) < 4.78 is 11.4. The van der Waals surface area contributed by atoms with Gasteiger partial charge in [0.25, 0.3) is 0 Å². The molecule has 0 aliphatic heterocycles. The summed E-state index contributed by atoms with van der Waals surface area (Å²) in [5.74, 6) is 2.56. The number of ether oxygens (including phenoxy) is 2. The van der Waals surface area contributed by atoms with Crippen LogP contribution < -0.4 is 9.47 Å². The van der Waals surface area contributed by atoms with Crippen molar-refractivity contribution in [3.8, 4) is 17.2 Å². The summed E-state index contributed by atoms with van der Waals surface area (Å²) in [6.07, 6.45) is 3.49. The van der Waals surface area contributed by atoms with Gasteiger partial charge in [0.2, 0.25) is 0 Å². The maximum Gasteiger partial charge on any atom is 0.127 e. The van der Waals surface area contributed by atoms with E-state index >= 15 is 0 Å². The Morgan fingerprint density at radius 3 is 2.05 bits per heavy atom. The lowest BCUT2D eigenvalue weighted by Gasteiger charge is -2.08. The molecule has 0 bridgehead atoms. The Bertz CT molecular complexity index is 482. The van der Waals surface area contributed by atoms with Crippen molar-refractivity contribution >= 4 is 15.9 Å². The summed E-state index contributed by atoms with van der Waals surface area (Å²) in [6.45, 7) is 0.770. The second kappa shape index (κ2) is 8.64. The molecule has 0 aromatic heterocycles. The minimum absolute atomic E-state index is 0.770. The third-order valence-electron chi connectivity index (χ3n) is 2.85. The largest absolute Gasteiger partial charge is 0.494 e. The number of alkyl halides is 1. The molecule has 3 heteroatoms. The van der Waals surface area contributed by atoms with Crippen molar-refractivity contribution in [3.63, 3.8) is 0 Å². The summed E-state index contributed by atoms with van der Waals surface area (Å²) in [7, 11) is 0. The van der Waals surface area contributed by atoms with E-state index in [1.165, 1.54) is 12.8 Å². The molecule has 0 radical (unpaired) electrons. The molecule has 0 saturated carbocycles. The van der Waals surface area contributed by atoms with Crippen LogP contribution in [0.3, 0.4) is 0 Å². The zero-order valence-corrected chi connectivity index (χ0v) is 13.0. The van der Waals surface area contributed by atoms with Gasteiger partial charge in [-0.25, -0.2) is 0 Å². The van der Waals surface area contributed by atoms with Crippen molar-refractivity contribution in [2.45, 2.75) is 19.3 Å². The fourth-order valence-corrected chi connectivity index (χ4v) is 2.19. The number of para-hydroxylation sites is 1. The van der Waals surface area contributed by atoms with Crippen LogP contribution in [-0.4, -0.2) is 11.9 Å². The molecule has 20 heavy (non-hydrogen) atoms. The molecule has 0 unspecified atom stereocenters. The molecule has 0 amide bonds. The van der Waals surface area contributed by atoms with E-state index < -0.39 is 0 Å². The van der Waals surface area contributed by atoms with Gasteiger partial charge >= 0.3 is 0 Å². The van der Waals surface area contributed by atoms with Crippen LogP contribution in [0.25, 0.3) is 0 Å². The van der Waals surface area contributed by atoms with Gasteiger partial charge in [-0.1, -0.05) is 34.1 Å². The van der Waals surface area contributed by atoms with E-state index in [9.17, 15) is 0 Å². The quantitative estimate of drug-likeness (QED) is 0.473. The maximum absolute atomic E-state index is 5.73. The molecular weight excluding hydrogens is 316 g/mol. The van der Waals surface area contributed by atoms with E-state index in [1.54, 1.807) is 0 Å². The van der Waals surface area contributed by atoms with Crippen LogP contribution in [0.15, 0.2) is 54.6 Å². The maximum atomic E-state index is 5.73. The van der Waals surface area contributed by atoms with E-state index in [0.29, 0.717) is 0 Å². The Balaban J connectivity index is 1.78. The summed E-state index contributed by atoms with van der Waals surface area (Å²) in [5.41, 5.74) is 0. The predicted molar refractivity (Wildman–Crippen MR) is 86.1 cm³/mol. The zero-order chi connectivity index (χ0) is 14.0. The number of benzene rings is 2. The molecule has 2 aromatic rings. The molecule has 0 atom stereocenters. The highest BCUT2D eigenvalue weighted by atomic mass is 79.9. The second-order valence-corrected chi connectivity index (χ2v) is 5.28. The van der Waals surface area contributed by atoms with Gasteiger partial charge in [0.15, 0.2) is 0 Å². The Labute approximate surface area is 128 Å². The lowest BCUT2D eigenvalue weighted by molar-refractivity contribution is 0.306. The van der Waals surface area contributed by atoms with Crippen molar-refractivity contribution in [1.82, 2.24) is 0 Å². The van der Waals surface area contributed by atoms with Crippen LogP contribution in [0.5, 0.6) is 17.2 Å². The Morgan fingerprint density at radius 2 is 1.35 bits per heavy atom. The third kappa shape index (κ3) is 5.25. The molecule has 0 aliphatic carbocycles. The van der Waals surface area contributed by atoms with Crippen LogP contribution in [-0.2, 0) is 0 Å². The molecule has 0 fully saturated rings. The van der Waals surface area contributed by atoms with Crippen molar-refractivity contribution in [2.24, 2.45) is 0 Å². The van der Waals surface area contributed by atoms with Crippen molar-refractivity contribution in [3.05, 3.63) is 54.6 Å². The normalized spacial score (nSPS) is 10.2. The molecule has 0 aliphatic rings. The first-order valence-corrected chi connectivity index (χ1v) is 8.02. The van der Waals surface area contributed by atoms with Crippen molar-refractivity contribution < 1.29 is 9.47 Å². The summed E-state index contributed by atoms with van der Waals surface area (Å²) in [5, 5.41) is 1.07. The van der Waals surface area contributed by atoms with Gasteiger partial charge in [-0.3, -0.25) is 0 Å². The number of hydrogen-bond donors (Lipinski definition) is 0. The first-order valence-electron chi connectivity index (χ1n) is 6.90. The zero-order valence-electron chi connectivity index (χ0n) is 11.4. The average Bonchev–Trinajstić information content (AvgIpc) is 2.50. The fraction of sp³-hybridized carbons (Fsp3) is 0.294. The number of unbranched alkanes of at least 4 members (excludes halogenated alkanes) is 2. The molecule has 106 valence electrons. The van der Waals surface area contributed by atoms with Gasteiger partial charge in [0.1, 0.15) is 17.2 Å². The molecule has 0 spiro atoms. The Hall–Kier alpha value is -1.48. The van der Waals surface area contributed by atoms with Crippen LogP contribution in [0.1, 0.15) is 19.3 Å². The van der Waals surface area contributed by atoms with Crippen LogP contribution >= 0.6 is 15.9 Å². The molecule has 2 nitrogen and oxygen atoms in total. The summed E-state index contributed by atoms with van der Waals surface area (Å²) >= 11 is 3.43. The molecule has 2 aromatic carbocycles. The monoisotopic (exact) mass is 334 g/mol. The van der Waals surface area contributed by atoms with Crippen LogP contribution in [0, 0.1) is 0 Å². The highest BCUT2D eigenvalue weighted by Gasteiger charge is 1.98. The van der Waals surface area contributed by atoms with Gasteiger partial charge in [0, 0.05) is 5.33 Å². The molecule has 0 N–H and O–H groups in total. The van der Waals surface area contributed by atoms with E-state index in [4.69, 9.17) is 9.47 Å². The smallest absolute Gasteiger partial charge is 0.127 e. The molecule has 0 heterocycles. The topological polar surface area (TPSA) is 18.5 Å². The van der Waals surface area contributed by atoms with E-state index in [2.05, 4.69) is 15.9 Å². The Kier molecular flexibility index (Phi) is 6.45. The minimum atomic E-state index is 0.770. The predicted octanol–water partition coefficient (Wildman–Crippen LogP) is 5.42. The lowest BCUT2D eigenvalue weighted by Crippen LogP contribution is -1.97. The SMILES string of the molecule is BrCCCCCOc1ccc(Oc2ccccc2)cc1. The van der Waals surface area contributed by atoms with E-state index in [0.717, 1.165) is 35.6 Å². The lowest BCUT2D eigenvalue weighted by atomic mass is 10.2. The van der Waals surface area contributed by atoms with Crippen molar-refractivity contribution in [1.29, 1.82) is 0 Å². The standard InChI is InChI=1S/C17H19BrO2/c18-13-5-2-6-14-19-15-9-11-17(12-10-15)20-16-7-3-1-4-8-16/h1,3-4,7-12H,2,5-6,13-14H2. The average molecular weight is 335 g/mol. The molecule has 0 saturated heterocycles. The number of rotatable bonds is 8. The minimum Gasteiger partial charge on any atom is -0.494 e. The van der Waals surface area contributed by atoms with Crippen molar-refractivity contribution in [2.75, 3.05) is 11.9 Å². The number of halogens is 1. The highest BCUT2D eigenvalue weighted by molar-refractivity contribution is 9.09. The molecule has 2 rings (SSSR count). The number of hydrogen-bond acceptors (Lipinski definition) is 2. The second-order valence-electron chi connectivity index (χ2n) is 4.48. The van der Waals surface area contributed by atoms with Crippen LogP contribution in [0.4, 0.5) is 0 Å². The van der Waals surface area contributed by atoms with Gasteiger partial charge in [-0.15, -0.1) is 0 Å². The van der Waals surface area contributed by atoms with Gasteiger partial charge in [-0.2, -0.15) is 0 Å². The summed E-state index contributed by atoms with van der Waals surface area (Å²) in [6, 6.07) is 17.5. The third-order valence-corrected chi connectivity index (χ3v) is 3.41. The van der Waals surface area contributed by atoms with Crippen LogP contribution in [0.2, 0.25) is 0 Å². The van der Waals surface area contributed by atoms with E-state index in [1.807, 2.05) is 54.6 Å². The van der Waals surface area contributed by atoms with Gasteiger partial charge < -0.3 is 9.47 Å². The summed E-state index contributed by atoms with van der Waals surface area (Å²) in [4.78, 5) is 0. The fourth-order valence-electron chi connectivity index (χ4n) is 1.79. The Morgan fingerprint density at radius 1 is 0.700 bits per heavy atom. The van der Waals surface area contributed by atoms with Gasteiger partial charge in [0.05, 0.1) is 6.61 Å². The first-order chi connectivity index (χ1) is 9.88. The van der Waals surface area contributed by atoms with Gasteiger partial charge in [-0.05, 0) is 55.7 Å². The highest BCUT2D eigenvalue weighted by Crippen LogP contribution is 2.23. The molecular formula is C17H19BrO2.